The number of hydrogen-bond donors (Lipinski definition) is 1. The van der Waals surface area contributed by atoms with E-state index in [2.05, 4.69) is 12.2 Å². The molecule has 0 bridgehead atoms. The molecule has 19 heavy (non-hydrogen) atoms. The Morgan fingerprint density at radius 3 is 2.58 bits per heavy atom. The van der Waals surface area contributed by atoms with Crippen LogP contribution in [0.15, 0.2) is 34.7 Å². The fourth-order valence-corrected chi connectivity index (χ4v) is 2.13. The lowest BCUT2D eigenvalue weighted by Crippen LogP contribution is -2.23. The van der Waals surface area contributed by atoms with Crippen LogP contribution in [0.25, 0.3) is 0 Å². The third-order valence-corrected chi connectivity index (χ3v) is 3.11. The number of rotatable bonds is 5. The van der Waals surface area contributed by atoms with Crippen LogP contribution in [0, 0.1) is 19.7 Å². The second-order valence-corrected chi connectivity index (χ2v) is 4.86. The largest absolute Gasteiger partial charge is 0.464 e. The van der Waals surface area contributed by atoms with E-state index >= 15 is 0 Å². The van der Waals surface area contributed by atoms with Gasteiger partial charge in [0.25, 0.3) is 0 Å². The van der Waals surface area contributed by atoms with Gasteiger partial charge >= 0.3 is 0 Å². The zero-order valence-electron chi connectivity index (χ0n) is 11.7. The van der Waals surface area contributed by atoms with Gasteiger partial charge in [-0.05, 0) is 50.6 Å². The van der Waals surface area contributed by atoms with Gasteiger partial charge in [0.15, 0.2) is 0 Å². The fraction of sp³-hybridized carbons (Fsp3) is 0.375. The molecule has 0 spiro atoms. The van der Waals surface area contributed by atoms with E-state index in [9.17, 15) is 4.39 Å². The van der Waals surface area contributed by atoms with E-state index in [4.69, 9.17) is 4.42 Å². The highest BCUT2D eigenvalue weighted by Gasteiger charge is 2.20. The molecular formula is C16H20FNO. The van der Waals surface area contributed by atoms with Crippen molar-refractivity contribution in [2.45, 2.75) is 33.2 Å². The van der Waals surface area contributed by atoms with Crippen LogP contribution < -0.4 is 5.32 Å². The van der Waals surface area contributed by atoms with Crippen molar-refractivity contribution < 1.29 is 8.81 Å². The molecule has 1 aromatic carbocycles. The SMILES string of the molecule is CCCNC(c1ccc(C)o1)c1ccc(C)cc1F. The smallest absolute Gasteiger partial charge is 0.128 e. The third-order valence-electron chi connectivity index (χ3n) is 3.11. The normalized spacial score (nSPS) is 12.6. The molecule has 0 radical (unpaired) electrons. The molecule has 1 atom stereocenters. The Labute approximate surface area is 113 Å². The Balaban J connectivity index is 2.36. The van der Waals surface area contributed by atoms with Gasteiger partial charge in [-0.3, -0.25) is 0 Å². The van der Waals surface area contributed by atoms with Gasteiger partial charge < -0.3 is 9.73 Å². The van der Waals surface area contributed by atoms with Gasteiger partial charge in [0, 0.05) is 5.56 Å². The van der Waals surface area contributed by atoms with Crippen LogP contribution >= 0.6 is 0 Å². The minimum Gasteiger partial charge on any atom is -0.464 e. The fourth-order valence-electron chi connectivity index (χ4n) is 2.13. The number of furan rings is 1. The quantitative estimate of drug-likeness (QED) is 0.875. The first-order valence-electron chi connectivity index (χ1n) is 6.67. The lowest BCUT2D eigenvalue weighted by atomic mass is 10.0. The lowest BCUT2D eigenvalue weighted by molar-refractivity contribution is 0.422. The molecular weight excluding hydrogens is 241 g/mol. The summed E-state index contributed by atoms with van der Waals surface area (Å²) >= 11 is 0. The zero-order chi connectivity index (χ0) is 13.8. The highest BCUT2D eigenvalue weighted by Crippen LogP contribution is 2.26. The van der Waals surface area contributed by atoms with Gasteiger partial charge in [-0.2, -0.15) is 0 Å². The molecule has 0 aliphatic rings. The lowest BCUT2D eigenvalue weighted by Gasteiger charge is -2.17. The molecule has 1 aromatic heterocycles. The average Bonchev–Trinajstić information content (AvgIpc) is 2.78. The number of benzene rings is 1. The zero-order valence-corrected chi connectivity index (χ0v) is 11.7. The molecule has 0 amide bonds. The van der Waals surface area contributed by atoms with Gasteiger partial charge in [-0.25, -0.2) is 4.39 Å². The molecule has 0 aliphatic heterocycles. The second kappa shape index (κ2) is 6.02. The van der Waals surface area contributed by atoms with Crippen molar-refractivity contribution >= 4 is 0 Å². The number of hydrogen-bond acceptors (Lipinski definition) is 2. The maximum Gasteiger partial charge on any atom is 0.128 e. The highest BCUT2D eigenvalue weighted by molar-refractivity contribution is 5.31. The second-order valence-electron chi connectivity index (χ2n) is 4.86. The van der Waals surface area contributed by atoms with Crippen LogP contribution in [0.5, 0.6) is 0 Å². The summed E-state index contributed by atoms with van der Waals surface area (Å²) in [5.41, 5.74) is 1.56. The third kappa shape index (κ3) is 3.24. The van der Waals surface area contributed by atoms with Crippen LogP contribution in [-0.4, -0.2) is 6.54 Å². The standard InChI is InChI=1S/C16H20FNO/c1-4-9-18-16(15-8-6-12(3)19-15)13-7-5-11(2)10-14(13)17/h5-8,10,16,18H,4,9H2,1-3H3. The molecule has 0 saturated carbocycles. The Morgan fingerprint density at radius 2 is 2.00 bits per heavy atom. The highest BCUT2D eigenvalue weighted by atomic mass is 19.1. The van der Waals surface area contributed by atoms with E-state index in [0.29, 0.717) is 5.56 Å². The molecule has 2 nitrogen and oxygen atoms in total. The minimum absolute atomic E-state index is 0.192. The molecule has 102 valence electrons. The summed E-state index contributed by atoms with van der Waals surface area (Å²) in [7, 11) is 0. The number of halogens is 1. The van der Waals surface area contributed by atoms with E-state index in [1.165, 1.54) is 0 Å². The van der Waals surface area contributed by atoms with Crippen molar-refractivity contribution in [3.8, 4) is 0 Å². The van der Waals surface area contributed by atoms with Gasteiger partial charge in [0.05, 0.1) is 6.04 Å². The summed E-state index contributed by atoms with van der Waals surface area (Å²) in [4.78, 5) is 0. The molecule has 1 N–H and O–H groups in total. The summed E-state index contributed by atoms with van der Waals surface area (Å²) in [6, 6.07) is 8.90. The Bertz CT molecular complexity index is 547. The molecule has 0 aliphatic carbocycles. The molecule has 1 unspecified atom stereocenters. The van der Waals surface area contributed by atoms with Gasteiger partial charge in [-0.1, -0.05) is 19.1 Å². The van der Waals surface area contributed by atoms with E-state index in [-0.39, 0.29) is 11.9 Å². The van der Waals surface area contributed by atoms with E-state index < -0.39 is 0 Å². The predicted octanol–water partition coefficient (Wildman–Crippen LogP) is 4.12. The molecule has 2 aromatic rings. The molecule has 0 fully saturated rings. The summed E-state index contributed by atoms with van der Waals surface area (Å²) in [5.74, 6) is 1.40. The Kier molecular flexibility index (Phi) is 4.38. The minimum atomic E-state index is -0.228. The molecule has 0 saturated heterocycles. The summed E-state index contributed by atoms with van der Waals surface area (Å²) in [5, 5.41) is 3.34. The van der Waals surface area contributed by atoms with Gasteiger partial charge in [0.2, 0.25) is 0 Å². The molecule has 1 heterocycles. The Hall–Kier alpha value is -1.61. The van der Waals surface area contributed by atoms with Gasteiger partial charge in [-0.15, -0.1) is 0 Å². The summed E-state index contributed by atoms with van der Waals surface area (Å²) < 4.78 is 19.8. The van der Waals surface area contributed by atoms with Gasteiger partial charge in [0.1, 0.15) is 17.3 Å². The van der Waals surface area contributed by atoms with Crippen molar-refractivity contribution in [3.05, 3.63) is 58.8 Å². The van der Waals surface area contributed by atoms with Crippen molar-refractivity contribution in [2.24, 2.45) is 0 Å². The summed E-state index contributed by atoms with van der Waals surface area (Å²) in [6.07, 6.45) is 0.990. The van der Waals surface area contributed by atoms with Crippen molar-refractivity contribution in [1.82, 2.24) is 5.32 Å². The molecule has 3 heteroatoms. The topological polar surface area (TPSA) is 25.2 Å². The van der Waals surface area contributed by atoms with E-state index in [1.54, 1.807) is 6.07 Å². The first-order valence-corrected chi connectivity index (χ1v) is 6.67. The van der Waals surface area contributed by atoms with Crippen molar-refractivity contribution in [1.29, 1.82) is 0 Å². The first-order chi connectivity index (χ1) is 9.11. The number of aryl methyl sites for hydroxylation is 2. The molecule has 2 rings (SSSR count). The van der Waals surface area contributed by atoms with Crippen LogP contribution in [0.3, 0.4) is 0 Å². The van der Waals surface area contributed by atoms with Crippen LogP contribution in [0.4, 0.5) is 4.39 Å². The average molecular weight is 261 g/mol. The van der Waals surface area contributed by atoms with Crippen molar-refractivity contribution in [2.75, 3.05) is 6.54 Å². The van der Waals surface area contributed by atoms with Crippen LogP contribution in [-0.2, 0) is 0 Å². The van der Waals surface area contributed by atoms with Crippen molar-refractivity contribution in [3.63, 3.8) is 0 Å². The van der Waals surface area contributed by atoms with Crippen LogP contribution in [0.1, 0.15) is 42.0 Å². The predicted molar refractivity (Wildman–Crippen MR) is 74.7 cm³/mol. The first kappa shape index (κ1) is 13.8. The van der Waals surface area contributed by atoms with E-state index in [1.807, 2.05) is 38.1 Å². The number of nitrogens with one attached hydrogen (secondary N) is 1. The Morgan fingerprint density at radius 1 is 1.21 bits per heavy atom. The monoisotopic (exact) mass is 261 g/mol. The summed E-state index contributed by atoms with van der Waals surface area (Å²) in [6.45, 7) is 6.69. The maximum atomic E-state index is 14.1. The van der Waals surface area contributed by atoms with Crippen LogP contribution in [0.2, 0.25) is 0 Å². The maximum absolute atomic E-state index is 14.1. The van der Waals surface area contributed by atoms with E-state index in [0.717, 1.165) is 30.0 Å².